The molecule has 0 aromatic carbocycles. The van der Waals surface area contributed by atoms with Crippen LogP contribution in [-0.4, -0.2) is 50.8 Å². The summed E-state index contributed by atoms with van der Waals surface area (Å²) in [7, 11) is 0.957. The lowest BCUT2D eigenvalue weighted by Crippen LogP contribution is -2.51. The van der Waals surface area contributed by atoms with E-state index in [4.69, 9.17) is 9.26 Å². The summed E-state index contributed by atoms with van der Waals surface area (Å²) in [5.41, 5.74) is 0. The maximum absolute atomic E-state index is 12.6. The van der Waals surface area contributed by atoms with Crippen molar-refractivity contribution >= 4 is 14.2 Å². The standard InChI is InChI=1S/C18H37NO4Si/c1-11-12-15(20)13(2)16(14(3)17(21)19(7)22-8)23-24(9,10)18(4,5)6/h11-16,20H,1-10H3/b12-11+/t13-,14+,15+,16-/m0/s1. The Hall–Kier alpha value is -0.693. The molecule has 0 aliphatic rings. The molecule has 0 saturated heterocycles. The van der Waals surface area contributed by atoms with E-state index < -0.39 is 20.3 Å². The van der Waals surface area contributed by atoms with Crippen LogP contribution in [0.3, 0.4) is 0 Å². The molecule has 4 atom stereocenters. The van der Waals surface area contributed by atoms with Crippen molar-refractivity contribution in [3.63, 3.8) is 0 Å². The lowest BCUT2D eigenvalue weighted by Gasteiger charge is -2.43. The lowest BCUT2D eigenvalue weighted by atomic mass is 9.88. The fraction of sp³-hybridized carbons (Fsp3) is 0.833. The van der Waals surface area contributed by atoms with E-state index in [1.54, 1.807) is 13.1 Å². The molecule has 0 aliphatic heterocycles. The van der Waals surface area contributed by atoms with E-state index in [-0.39, 0.29) is 23.0 Å². The van der Waals surface area contributed by atoms with Crippen molar-refractivity contribution in [1.29, 1.82) is 0 Å². The molecule has 0 unspecified atom stereocenters. The zero-order valence-electron chi connectivity index (χ0n) is 17.1. The van der Waals surface area contributed by atoms with E-state index in [2.05, 4.69) is 33.9 Å². The number of hydrogen-bond acceptors (Lipinski definition) is 4. The predicted molar refractivity (Wildman–Crippen MR) is 101 cm³/mol. The highest BCUT2D eigenvalue weighted by Crippen LogP contribution is 2.39. The van der Waals surface area contributed by atoms with Gasteiger partial charge in [-0.05, 0) is 25.1 Å². The molecule has 1 N–H and O–H groups in total. The summed E-state index contributed by atoms with van der Waals surface area (Å²) in [5, 5.41) is 11.7. The minimum Gasteiger partial charge on any atom is -0.413 e. The fourth-order valence-corrected chi connectivity index (χ4v) is 3.72. The first-order valence-corrected chi connectivity index (χ1v) is 11.5. The Kier molecular flexibility index (Phi) is 8.87. The number of aliphatic hydroxyl groups is 1. The van der Waals surface area contributed by atoms with Crippen molar-refractivity contribution in [3.05, 3.63) is 12.2 Å². The van der Waals surface area contributed by atoms with Crippen LogP contribution < -0.4 is 0 Å². The number of hydroxylamine groups is 2. The monoisotopic (exact) mass is 359 g/mol. The Morgan fingerprint density at radius 1 is 1.25 bits per heavy atom. The molecule has 0 heterocycles. The molecule has 0 aromatic heterocycles. The fourth-order valence-electron chi connectivity index (χ4n) is 2.27. The van der Waals surface area contributed by atoms with Crippen molar-refractivity contribution in [1.82, 2.24) is 5.06 Å². The van der Waals surface area contributed by atoms with E-state index in [1.807, 2.05) is 26.8 Å². The van der Waals surface area contributed by atoms with Gasteiger partial charge >= 0.3 is 0 Å². The largest absolute Gasteiger partial charge is 0.413 e. The number of nitrogens with zero attached hydrogens (tertiary/aromatic N) is 1. The van der Waals surface area contributed by atoms with Gasteiger partial charge < -0.3 is 9.53 Å². The van der Waals surface area contributed by atoms with Gasteiger partial charge in [-0.3, -0.25) is 9.63 Å². The highest BCUT2D eigenvalue weighted by Gasteiger charge is 2.44. The molecule has 0 aliphatic carbocycles. The quantitative estimate of drug-likeness (QED) is 0.409. The van der Waals surface area contributed by atoms with Gasteiger partial charge in [-0.15, -0.1) is 0 Å². The van der Waals surface area contributed by atoms with Gasteiger partial charge in [0.1, 0.15) is 0 Å². The molecular formula is C18H37NO4Si. The zero-order chi connectivity index (χ0) is 19.3. The van der Waals surface area contributed by atoms with Gasteiger partial charge in [0.05, 0.1) is 25.2 Å². The average molecular weight is 360 g/mol. The maximum Gasteiger partial charge on any atom is 0.251 e. The maximum atomic E-state index is 12.6. The van der Waals surface area contributed by atoms with E-state index in [0.29, 0.717) is 0 Å². The Labute approximate surface area is 149 Å². The number of carbonyl (C=O) groups excluding carboxylic acids is 1. The normalized spacial score (nSPS) is 18.3. The Bertz CT molecular complexity index is 431. The molecule has 0 saturated carbocycles. The third-order valence-electron chi connectivity index (χ3n) is 5.15. The lowest BCUT2D eigenvalue weighted by molar-refractivity contribution is -0.177. The second kappa shape index (κ2) is 9.13. The summed E-state index contributed by atoms with van der Waals surface area (Å²) in [6, 6.07) is 0. The first-order chi connectivity index (χ1) is 10.8. The van der Waals surface area contributed by atoms with Gasteiger partial charge in [-0.2, -0.15) is 0 Å². The van der Waals surface area contributed by atoms with Crippen molar-refractivity contribution in [3.8, 4) is 0 Å². The summed E-state index contributed by atoms with van der Waals surface area (Å²) < 4.78 is 6.55. The third-order valence-corrected chi connectivity index (χ3v) is 9.62. The number of aliphatic hydroxyl groups excluding tert-OH is 1. The van der Waals surface area contributed by atoms with E-state index >= 15 is 0 Å². The summed E-state index contributed by atoms with van der Waals surface area (Å²) in [5.74, 6) is -0.778. The molecular weight excluding hydrogens is 322 g/mol. The summed E-state index contributed by atoms with van der Waals surface area (Å²) in [6.07, 6.45) is 2.51. The molecule has 1 amide bonds. The first kappa shape index (κ1) is 23.3. The molecule has 24 heavy (non-hydrogen) atoms. The smallest absolute Gasteiger partial charge is 0.251 e. The molecule has 0 bridgehead atoms. The zero-order valence-corrected chi connectivity index (χ0v) is 18.1. The Morgan fingerprint density at radius 3 is 2.12 bits per heavy atom. The van der Waals surface area contributed by atoms with Crippen LogP contribution in [0.2, 0.25) is 18.1 Å². The number of rotatable bonds is 8. The van der Waals surface area contributed by atoms with Crippen LogP contribution in [-0.2, 0) is 14.1 Å². The van der Waals surface area contributed by atoms with Crippen molar-refractivity contribution in [2.45, 2.75) is 71.9 Å². The number of carbonyl (C=O) groups is 1. The highest BCUT2D eigenvalue weighted by atomic mass is 28.4. The molecule has 0 fully saturated rings. The third kappa shape index (κ3) is 5.99. The van der Waals surface area contributed by atoms with Crippen molar-refractivity contribution < 1.29 is 19.2 Å². The van der Waals surface area contributed by atoms with Crippen LogP contribution in [0.4, 0.5) is 0 Å². The van der Waals surface area contributed by atoms with Crippen molar-refractivity contribution in [2.24, 2.45) is 11.8 Å². The van der Waals surface area contributed by atoms with E-state index in [1.165, 1.54) is 12.2 Å². The molecule has 0 rings (SSSR count). The second-order valence-corrected chi connectivity index (χ2v) is 12.8. The average Bonchev–Trinajstić information content (AvgIpc) is 2.48. The van der Waals surface area contributed by atoms with Gasteiger partial charge in [0, 0.05) is 13.0 Å². The predicted octanol–water partition coefficient (Wildman–Crippen LogP) is 3.61. The minimum absolute atomic E-state index is 0.0203. The summed E-state index contributed by atoms with van der Waals surface area (Å²) >= 11 is 0. The van der Waals surface area contributed by atoms with Gasteiger partial charge in [-0.25, -0.2) is 5.06 Å². The van der Waals surface area contributed by atoms with E-state index in [9.17, 15) is 9.90 Å². The number of allylic oxidation sites excluding steroid dienone is 1. The highest BCUT2D eigenvalue weighted by molar-refractivity contribution is 6.74. The van der Waals surface area contributed by atoms with Crippen LogP contribution in [0.15, 0.2) is 12.2 Å². The summed E-state index contributed by atoms with van der Waals surface area (Å²) in [6.45, 7) is 16.4. The van der Waals surface area contributed by atoms with Crippen LogP contribution in [0.1, 0.15) is 41.5 Å². The minimum atomic E-state index is -2.10. The molecule has 6 heteroatoms. The van der Waals surface area contributed by atoms with Gasteiger partial charge in [0.2, 0.25) is 0 Å². The topological polar surface area (TPSA) is 59.0 Å². The van der Waals surface area contributed by atoms with E-state index in [0.717, 1.165) is 0 Å². The Balaban J connectivity index is 5.64. The number of amides is 1. The SMILES string of the molecule is C/C=C/[C@@H](O)[C@H](C)[C@H](O[Si](C)(C)C(C)(C)C)[C@@H](C)C(=O)N(C)OC. The van der Waals surface area contributed by atoms with Gasteiger partial charge in [0.25, 0.3) is 5.91 Å². The van der Waals surface area contributed by atoms with Crippen LogP contribution in [0.5, 0.6) is 0 Å². The van der Waals surface area contributed by atoms with Gasteiger partial charge in [-0.1, -0.05) is 46.8 Å². The second-order valence-electron chi connectivity index (χ2n) is 8.03. The van der Waals surface area contributed by atoms with Crippen LogP contribution >= 0.6 is 0 Å². The molecule has 0 spiro atoms. The molecule has 142 valence electrons. The summed E-state index contributed by atoms with van der Waals surface area (Å²) in [4.78, 5) is 17.6. The van der Waals surface area contributed by atoms with Crippen LogP contribution in [0, 0.1) is 11.8 Å². The Morgan fingerprint density at radius 2 is 1.75 bits per heavy atom. The molecule has 0 aromatic rings. The molecule has 0 radical (unpaired) electrons. The molecule has 5 nitrogen and oxygen atoms in total. The van der Waals surface area contributed by atoms with Gasteiger partial charge in [0.15, 0.2) is 8.32 Å². The van der Waals surface area contributed by atoms with Crippen molar-refractivity contribution in [2.75, 3.05) is 14.2 Å². The first-order valence-electron chi connectivity index (χ1n) is 8.60. The number of hydrogen-bond donors (Lipinski definition) is 1. The van der Waals surface area contributed by atoms with Crippen LogP contribution in [0.25, 0.3) is 0 Å².